The third-order valence-corrected chi connectivity index (χ3v) is 1.34. The first-order valence-electron chi connectivity index (χ1n) is 3.46. The minimum atomic E-state index is -1.44. The lowest BCUT2D eigenvalue weighted by atomic mass is 10.0. The number of carboxylic acids is 1. The quantitative estimate of drug-likeness (QED) is 0.716. The summed E-state index contributed by atoms with van der Waals surface area (Å²) < 4.78 is 12.9. The Morgan fingerprint density at radius 1 is 1.67 bits per heavy atom. The normalized spacial score (nSPS) is 13.3. The lowest BCUT2D eigenvalue weighted by Crippen LogP contribution is -2.38. The van der Waals surface area contributed by atoms with Crippen molar-refractivity contribution in [2.24, 2.45) is 0 Å². The van der Waals surface area contributed by atoms with E-state index in [0.717, 1.165) is 0 Å². The van der Waals surface area contributed by atoms with Crippen molar-refractivity contribution in [3.8, 4) is 0 Å². The van der Waals surface area contributed by atoms with E-state index < -0.39 is 17.7 Å². The highest BCUT2D eigenvalue weighted by molar-refractivity contribution is 5.85. The molecule has 0 aliphatic carbocycles. The Labute approximate surface area is 77.8 Å². The topological polar surface area (TPSA) is 49.3 Å². The molecule has 0 aromatic heterocycles. The molecule has 0 saturated heterocycles. The number of carboxylic acid groups (broad SMARTS) is 1. The van der Waals surface area contributed by atoms with Crippen LogP contribution in [0.5, 0.6) is 0 Å². The average molecular weight is 200 g/mol. The number of hydrogen-bond donors (Lipinski definition) is 2. The molecule has 0 spiro atoms. The van der Waals surface area contributed by atoms with Crippen LogP contribution in [-0.2, 0) is 4.79 Å². The maximum atomic E-state index is 12.9. The molecule has 3 nitrogen and oxygen atoms in total. The predicted molar refractivity (Wildman–Crippen MR) is 47.5 cm³/mol. The summed E-state index contributed by atoms with van der Waals surface area (Å²) >= 11 is 0. The summed E-state index contributed by atoms with van der Waals surface area (Å²) in [6, 6.07) is -0.796. The van der Waals surface area contributed by atoms with E-state index in [0.29, 0.717) is 0 Å². The number of alkyl halides is 1. The Morgan fingerprint density at radius 2 is 2.08 bits per heavy atom. The van der Waals surface area contributed by atoms with Gasteiger partial charge in [-0.1, -0.05) is 0 Å². The second-order valence-electron chi connectivity index (χ2n) is 3.10. The molecule has 2 N–H and O–H groups in total. The van der Waals surface area contributed by atoms with Gasteiger partial charge in [0.1, 0.15) is 11.7 Å². The lowest BCUT2D eigenvalue weighted by molar-refractivity contribution is -0.140. The fourth-order valence-corrected chi connectivity index (χ4v) is 0.798. The number of likely N-dealkylation sites (N-methyl/N-ethyl adjacent to an activating group) is 1. The molecule has 74 valence electrons. The van der Waals surface area contributed by atoms with E-state index in [2.05, 4.69) is 5.32 Å². The molecular formula is C7H15ClFNO2. The van der Waals surface area contributed by atoms with Crippen LogP contribution in [-0.4, -0.2) is 29.8 Å². The van der Waals surface area contributed by atoms with Crippen molar-refractivity contribution >= 4 is 18.4 Å². The van der Waals surface area contributed by atoms with E-state index in [1.165, 1.54) is 20.9 Å². The summed E-state index contributed by atoms with van der Waals surface area (Å²) in [6.07, 6.45) is -0.0150. The Morgan fingerprint density at radius 3 is 2.17 bits per heavy atom. The van der Waals surface area contributed by atoms with Crippen LogP contribution in [0, 0.1) is 0 Å². The second-order valence-corrected chi connectivity index (χ2v) is 3.10. The van der Waals surface area contributed by atoms with E-state index >= 15 is 0 Å². The highest BCUT2D eigenvalue weighted by atomic mass is 35.5. The summed E-state index contributed by atoms with van der Waals surface area (Å²) in [6.45, 7) is 2.72. The molecule has 1 atom stereocenters. The highest BCUT2D eigenvalue weighted by Crippen LogP contribution is 2.15. The van der Waals surface area contributed by atoms with Crippen LogP contribution >= 0.6 is 12.4 Å². The molecule has 0 aliphatic rings. The third-order valence-electron chi connectivity index (χ3n) is 1.34. The van der Waals surface area contributed by atoms with Gasteiger partial charge in [0, 0.05) is 6.42 Å². The molecule has 0 aromatic rings. The number of rotatable bonds is 4. The Hall–Kier alpha value is -0.350. The molecule has 0 radical (unpaired) electrons. The van der Waals surface area contributed by atoms with Gasteiger partial charge in [0.2, 0.25) is 0 Å². The van der Waals surface area contributed by atoms with E-state index in [9.17, 15) is 9.18 Å². The van der Waals surface area contributed by atoms with E-state index in [1.807, 2.05) is 0 Å². The van der Waals surface area contributed by atoms with Gasteiger partial charge < -0.3 is 10.4 Å². The van der Waals surface area contributed by atoms with Gasteiger partial charge in [-0.25, -0.2) is 4.39 Å². The van der Waals surface area contributed by atoms with Crippen LogP contribution in [0.4, 0.5) is 4.39 Å². The maximum absolute atomic E-state index is 12.9. The average Bonchev–Trinajstić information content (AvgIpc) is 1.80. The molecule has 1 unspecified atom stereocenters. The molecule has 0 amide bonds. The van der Waals surface area contributed by atoms with Crippen LogP contribution in [0.2, 0.25) is 0 Å². The molecule has 0 heterocycles. The second kappa shape index (κ2) is 5.32. The summed E-state index contributed by atoms with van der Waals surface area (Å²) in [4.78, 5) is 10.4. The summed E-state index contributed by atoms with van der Waals surface area (Å²) in [5.74, 6) is -1.02. The number of hydrogen-bond acceptors (Lipinski definition) is 2. The van der Waals surface area contributed by atoms with Crippen LogP contribution in [0.1, 0.15) is 20.3 Å². The van der Waals surface area contributed by atoms with Crippen molar-refractivity contribution in [1.82, 2.24) is 5.32 Å². The van der Waals surface area contributed by atoms with Gasteiger partial charge in [0.15, 0.2) is 0 Å². The van der Waals surface area contributed by atoms with Crippen LogP contribution < -0.4 is 5.32 Å². The lowest BCUT2D eigenvalue weighted by Gasteiger charge is -2.18. The summed E-state index contributed by atoms with van der Waals surface area (Å²) in [5.41, 5.74) is -1.44. The number of halogens is 2. The third kappa shape index (κ3) is 6.37. The van der Waals surface area contributed by atoms with E-state index in [4.69, 9.17) is 5.11 Å². The SMILES string of the molecule is CNC(CC(C)(C)F)C(=O)O.Cl. The van der Waals surface area contributed by atoms with Gasteiger partial charge >= 0.3 is 5.97 Å². The van der Waals surface area contributed by atoms with Crippen molar-refractivity contribution in [2.75, 3.05) is 7.05 Å². The van der Waals surface area contributed by atoms with E-state index in [1.54, 1.807) is 0 Å². The first-order valence-corrected chi connectivity index (χ1v) is 3.46. The molecule has 5 heteroatoms. The van der Waals surface area contributed by atoms with Crippen LogP contribution in [0.15, 0.2) is 0 Å². The van der Waals surface area contributed by atoms with Gasteiger partial charge in [-0.3, -0.25) is 4.79 Å². The van der Waals surface area contributed by atoms with Crippen molar-refractivity contribution in [1.29, 1.82) is 0 Å². The van der Waals surface area contributed by atoms with E-state index in [-0.39, 0.29) is 18.8 Å². The first-order chi connectivity index (χ1) is 4.87. The predicted octanol–water partition coefficient (Wildman–Crippen LogP) is 1.22. The molecule has 12 heavy (non-hydrogen) atoms. The maximum Gasteiger partial charge on any atom is 0.320 e. The minimum Gasteiger partial charge on any atom is -0.480 e. The number of carbonyl (C=O) groups is 1. The van der Waals surface area contributed by atoms with Crippen molar-refractivity contribution < 1.29 is 14.3 Å². The smallest absolute Gasteiger partial charge is 0.320 e. The fourth-order valence-electron chi connectivity index (χ4n) is 0.798. The zero-order valence-corrected chi connectivity index (χ0v) is 8.24. The minimum absolute atomic E-state index is 0. The number of aliphatic carboxylic acids is 1. The van der Waals surface area contributed by atoms with Gasteiger partial charge in [0.25, 0.3) is 0 Å². The number of nitrogens with one attached hydrogen (secondary N) is 1. The summed E-state index contributed by atoms with van der Waals surface area (Å²) in [5, 5.41) is 11.0. The van der Waals surface area contributed by atoms with Crippen LogP contribution in [0.3, 0.4) is 0 Å². The molecule has 0 saturated carbocycles. The largest absolute Gasteiger partial charge is 0.480 e. The molecule has 0 aromatic carbocycles. The van der Waals surface area contributed by atoms with Gasteiger partial charge in [-0.2, -0.15) is 0 Å². The fraction of sp³-hybridized carbons (Fsp3) is 0.857. The van der Waals surface area contributed by atoms with Gasteiger partial charge in [0.05, 0.1) is 0 Å². The standard InChI is InChI=1S/C7H14FNO2.ClH/c1-7(2,8)4-5(9-3)6(10)11;/h5,9H,4H2,1-3H3,(H,10,11);1H. The Balaban J connectivity index is 0. The molecule has 0 fully saturated rings. The van der Waals surface area contributed by atoms with Gasteiger partial charge in [-0.05, 0) is 20.9 Å². The van der Waals surface area contributed by atoms with Crippen molar-refractivity contribution in [3.63, 3.8) is 0 Å². The molecular weight excluding hydrogens is 185 g/mol. The zero-order chi connectivity index (χ0) is 9.07. The zero-order valence-electron chi connectivity index (χ0n) is 7.43. The van der Waals surface area contributed by atoms with Crippen LogP contribution in [0.25, 0.3) is 0 Å². The van der Waals surface area contributed by atoms with Gasteiger partial charge in [-0.15, -0.1) is 12.4 Å². The Bertz CT molecular complexity index is 147. The van der Waals surface area contributed by atoms with Crippen molar-refractivity contribution in [2.45, 2.75) is 32.0 Å². The Kier molecular flexibility index (Phi) is 6.29. The molecule has 0 aliphatic heterocycles. The highest BCUT2D eigenvalue weighted by Gasteiger charge is 2.25. The first kappa shape index (κ1) is 14.2. The molecule has 0 rings (SSSR count). The monoisotopic (exact) mass is 199 g/mol. The van der Waals surface area contributed by atoms with Crippen molar-refractivity contribution in [3.05, 3.63) is 0 Å². The summed E-state index contributed by atoms with van der Waals surface area (Å²) in [7, 11) is 1.50. The molecule has 0 bridgehead atoms.